The number of hydrogen-bond donors (Lipinski definition) is 0. The van der Waals surface area contributed by atoms with Crippen LogP contribution in [0.15, 0.2) is 18.2 Å². The summed E-state index contributed by atoms with van der Waals surface area (Å²) in [7, 11) is 1.58. The van der Waals surface area contributed by atoms with Crippen LogP contribution in [0.2, 0.25) is 0 Å². The molecule has 1 fully saturated rings. The van der Waals surface area contributed by atoms with Crippen molar-refractivity contribution >= 4 is 5.78 Å². The van der Waals surface area contributed by atoms with Gasteiger partial charge >= 0.3 is 0 Å². The van der Waals surface area contributed by atoms with Gasteiger partial charge in [-0.2, -0.15) is 0 Å². The fraction of sp³-hybridized carbons (Fsp3) is 0.500. The molecule has 0 amide bonds. The molecule has 2 unspecified atom stereocenters. The number of carbonyl (C=O) groups excluding carboxylic acids is 1. The van der Waals surface area contributed by atoms with E-state index in [9.17, 15) is 4.79 Å². The third kappa shape index (κ3) is 2.50. The molecule has 1 aliphatic heterocycles. The molecule has 0 bridgehead atoms. The fourth-order valence-electron chi connectivity index (χ4n) is 2.18. The number of ether oxygens (including phenoxy) is 2. The molecule has 1 aromatic rings. The van der Waals surface area contributed by atoms with Crippen LogP contribution in [0.1, 0.15) is 35.7 Å². The Labute approximate surface area is 102 Å². The van der Waals surface area contributed by atoms with Crippen LogP contribution >= 0.6 is 0 Å². The summed E-state index contributed by atoms with van der Waals surface area (Å²) >= 11 is 0. The van der Waals surface area contributed by atoms with Crippen LogP contribution in [0, 0.1) is 6.92 Å². The molecule has 1 saturated heterocycles. The highest BCUT2D eigenvalue weighted by molar-refractivity contribution is 6.02. The molecule has 17 heavy (non-hydrogen) atoms. The van der Waals surface area contributed by atoms with E-state index < -0.39 is 0 Å². The first-order valence-electron chi connectivity index (χ1n) is 5.96. The van der Waals surface area contributed by atoms with Crippen LogP contribution in [-0.2, 0) is 4.74 Å². The summed E-state index contributed by atoms with van der Waals surface area (Å²) in [4.78, 5) is 12.3. The van der Waals surface area contributed by atoms with E-state index >= 15 is 0 Å². The van der Waals surface area contributed by atoms with Crippen molar-refractivity contribution in [2.24, 2.45) is 0 Å². The predicted octanol–water partition coefficient (Wildman–Crippen LogP) is 2.75. The van der Waals surface area contributed by atoms with Crippen molar-refractivity contribution in [1.82, 2.24) is 0 Å². The van der Waals surface area contributed by atoms with Crippen molar-refractivity contribution in [3.8, 4) is 5.75 Å². The van der Waals surface area contributed by atoms with Crippen LogP contribution in [0.3, 0.4) is 0 Å². The second kappa shape index (κ2) is 4.88. The Balaban J connectivity index is 2.26. The van der Waals surface area contributed by atoms with Crippen LogP contribution in [0.25, 0.3) is 0 Å². The summed E-state index contributed by atoms with van der Waals surface area (Å²) in [5.41, 5.74) is 1.69. The summed E-state index contributed by atoms with van der Waals surface area (Å²) in [6.07, 6.45) is 1.63. The molecule has 92 valence electrons. The first kappa shape index (κ1) is 12.1. The van der Waals surface area contributed by atoms with Crippen molar-refractivity contribution in [2.75, 3.05) is 7.11 Å². The zero-order chi connectivity index (χ0) is 12.4. The minimum absolute atomic E-state index is 0.0369. The van der Waals surface area contributed by atoms with Gasteiger partial charge in [0.05, 0.1) is 18.8 Å². The number of Topliss-reactive ketones (excluding diaryl/α,β-unsaturated/α-hetero) is 1. The first-order chi connectivity index (χ1) is 8.11. The van der Waals surface area contributed by atoms with Crippen LogP contribution < -0.4 is 4.74 Å². The number of methoxy groups -OCH3 is 1. The van der Waals surface area contributed by atoms with E-state index in [2.05, 4.69) is 0 Å². The highest BCUT2D eigenvalue weighted by Crippen LogP contribution is 2.27. The van der Waals surface area contributed by atoms with E-state index in [4.69, 9.17) is 9.47 Å². The highest BCUT2D eigenvalue weighted by atomic mass is 16.5. The molecule has 0 aromatic heterocycles. The summed E-state index contributed by atoms with van der Waals surface area (Å²) < 4.78 is 10.8. The third-order valence-electron chi connectivity index (χ3n) is 3.14. The van der Waals surface area contributed by atoms with Crippen LogP contribution in [0.4, 0.5) is 0 Å². The summed E-state index contributed by atoms with van der Waals surface area (Å²) in [5, 5.41) is 0. The SMILES string of the molecule is COc1ccc(C)cc1C(=O)C1CCC(C)O1. The molecular formula is C14H18O3. The Kier molecular flexibility index (Phi) is 3.48. The van der Waals surface area contributed by atoms with Crippen molar-refractivity contribution in [1.29, 1.82) is 0 Å². The Morgan fingerprint density at radius 2 is 2.18 bits per heavy atom. The third-order valence-corrected chi connectivity index (χ3v) is 3.14. The number of ketones is 1. The number of rotatable bonds is 3. The zero-order valence-electron chi connectivity index (χ0n) is 10.5. The van der Waals surface area contributed by atoms with Gasteiger partial charge in [0, 0.05) is 0 Å². The van der Waals surface area contributed by atoms with E-state index in [0.717, 1.165) is 18.4 Å². The van der Waals surface area contributed by atoms with Gasteiger partial charge in [0.25, 0.3) is 0 Å². The van der Waals surface area contributed by atoms with Gasteiger partial charge in [-0.1, -0.05) is 11.6 Å². The number of benzene rings is 1. The van der Waals surface area contributed by atoms with Gasteiger partial charge in [0.15, 0.2) is 5.78 Å². The lowest BCUT2D eigenvalue weighted by atomic mass is 10.0. The Bertz CT molecular complexity index is 425. The molecule has 0 spiro atoms. The minimum Gasteiger partial charge on any atom is -0.496 e. The molecule has 0 saturated carbocycles. The van der Waals surface area contributed by atoms with Crippen LogP contribution in [0.5, 0.6) is 5.75 Å². The van der Waals surface area contributed by atoms with Crippen molar-refractivity contribution < 1.29 is 14.3 Å². The topological polar surface area (TPSA) is 35.5 Å². The Morgan fingerprint density at radius 1 is 1.41 bits per heavy atom. The molecule has 1 aliphatic rings. The van der Waals surface area contributed by atoms with Gasteiger partial charge in [-0.25, -0.2) is 0 Å². The summed E-state index contributed by atoms with van der Waals surface area (Å²) in [6.45, 7) is 3.97. The van der Waals surface area contributed by atoms with Gasteiger partial charge in [0.2, 0.25) is 0 Å². The smallest absolute Gasteiger partial charge is 0.195 e. The van der Waals surface area contributed by atoms with Gasteiger partial charge in [-0.15, -0.1) is 0 Å². The number of hydrogen-bond acceptors (Lipinski definition) is 3. The van der Waals surface area contributed by atoms with Crippen molar-refractivity contribution in [3.63, 3.8) is 0 Å². The van der Waals surface area contributed by atoms with E-state index in [1.165, 1.54) is 0 Å². The molecule has 3 nitrogen and oxygen atoms in total. The van der Waals surface area contributed by atoms with E-state index in [0.29, 0.717) is 11.3 Å². The maximum absolute atomic E-state index is 12.3. The van der Waals surface area contributed by atoms with E-state index in [1.807, 2.05) is 32.0 Å². The maximum atomic E-state index is 12.3. The average molecular weight is 234 g/mol. The van der Waals surface area contributed by atoms with Crippen molar-refractivity contribution in [3.05, 3.63) is 29.3 Å². The lowest BCUT2D eigenvalue weighted by Gasteiger charge is -2.13. The maximum Gasteiger partial charge on any atom is 0.195 e. The molecule has 1 heterocycles. The highest BCUT2D eigenvalue weighted by Gasteiger charge is 2.30. The average Bonchev–Trinajstić information content (AvgIpc) is 2.75. The second-order valence-corrected chi connectivity index (χ2v) is 4.58. The van der Waals surface area contributed by atoms with Gasteiger partial charge in [-0.3, -0.25) is 4.79 Å². The normalized spacial score (nSPS) is 23.7. The quantitative estimate of drug-likeness (QED) is 0.754. The molecule has 2 rings (SSSR count). The monoisotopic (exact) mass is 234 g/mol. The first-order valence-corrected chi connectivity index (χ1v) is 5.96. The molecule has 3 heteroatoms. The van der Waals surface area contributed by atoms with E-state index in [-0.39, 0.29) is 18.0 Å². The second-order valence-electron chi connectivity index (χ2n) is 4.58. The number of carbonyl (C=O) groups is 1. The summed E-state index contributed by atoms with van der Waals surface area (Å²) in [6, 6.07) is 5.64. The Morgan fingerprint density at radius 3 is 2.76 bits per heavy atom. The lowest BCUT2D eigenvalue weighted by Crippen LogP contribution is -2.21. The van der Waals surface area contributed by atoms with Crippen LogP contribution in [-0.4, -0.2) is 25.1 Å². The molecule has 0 N–H and O–H groups in total. The zero-order valence-corrected chi connectivity index (χ0v) is 10.5. The van der Waals surface area contributed by atoms with Gasteiger partial charge < -0.3 is 9.47 Å². The van der Waals surface area contributed by atoms with Gasteiger partial charge in [-0.05, 0) is 38.8 Å². The standard InChI is InChI=1S/C14H18O3/c1-9-4-6-12(16-3)11(8-9)14(15)13-7-5-10(2)17-13/h4,6,8,10,13H,5,7H2,1-3H3. The number of aryl methyl sites for hydroxylation is 1. The minimum atomic E-state index is -0.305. The van der Waals surface area contributed by atoms with Gasteiger partial charge in [0.1, 0.15) is 11.9 Å². The fourth-order valence-corrected chi connectivity index (χ4v) is 2.18. The molecule has 2 atom stereocenters. The summed E-state index contributed by atoms with van der Waals surface area (Å²) in [5.74, 6) is 0.665. The van der Waals surface area contributed by atoms with Crippen molar-refractivity contribution in [2.45, 2.75) is 38.9 Å². The van der Waals surface area contributed by atoms with E-state index in [1.54, 1.807) is 7.11 Å². The molecule has 1 aromatic carbocycles. The molecule has 0 aliphatic carbocycles. The largest absolute Gasteiger partial charge is 0.496 e. The Hall–Kier alpha value is -1.35. The molecular weight excluding hydrogens is 216 g/mol. The predicted molar refractivity (Wildman–Crippen MR) is 65.6 cm³/mol. The lowest BCUT2D eigenvalue weighted by molar-refractivity contribution is 0.0431. The molecule has 0 radical (unpaired) electrons.